The fourth-order valence-electron chi connectivity index (χ4n) is 3.30. The highest BCUT2D eigenvalue weighted by atomic mass is 19.4. The number of fused-ring (bicyclic) bond motifs is 1. The standard InChI is InChI=1S/C23H19F3N4O/c1-15-13-27-22-20(17-8-10-18(11-9-17)23(24,25)26)21(29-30(22)14-15)28-19(31)12-7-16-5-3-2-4-6-16/h2-6,8-11,13-14H,7,12H2,1H3,(H,28,29,31). The van der Waals surface area contributed by atoms with Crippen molar-refractivity contribution >= 4 is 17.4 Å². The number of rotatable bonds is 5. The zero-order valence-electron chi connectivity index (χ0n) is 16.6. The molecule has 0 bridgehead atoms. The molecule has 1 amide bonds. The third kappa shape index (κ3) is 4.58. The van der Waals surface area contributed by atoms with Gasteiger partial charge >= 0.3 is 6.18 Å². The van der Waals surface area contributed by atoms with E-state index in [0.717, 1.165) is 23.3 Å². The van der Waals surface area contributed by atoms with Crippen molar-refractivity contribution in [3.05, 3.63) is 83.7 Å². The van der Waals surface area contributed by atoms with Gasteiger partial charge in [-0.25, -0.2) is 9.50 Å². The van der Waals surface area contributed by atoms with Crippen LogP contribution in [0.3, 0.4) is 0 Å². The van der Waals surface area contributed by atoms with Gasteiger partial charge < -0.3 is 5.32 Å². The van der Waals surface area contributed by atoms with Gasteiger partial charge in [0.15, 0.2) is 11.5 Å². The van der Waals surface area contributed by atoms with E-state index < -0.39 is 11.7 Å². The van der Waals surface area contributed by atoms with Gasteiger partial charge in [0.25, 0.3) is 0 Å². The Balaban J connectivity index is 1.65. The predicted molar refractivity (Wildman–Crippen MR) is 112 cm³/mol. The Bertz CT molecular complexity index is 1220. The Hall–Kier alpha value is -3.68. The van der Waals surface area contributed by atoms with Crippen molar-refractivity contribution in [2.24, 2.45) is 0 Å². The largest absolute Gasteiger partial charge is 0.416 e. The van der Waals surface area contributed by atoms with Gasteiger partial charge in [0.1, 0.15) is 0 Å². The second-order valence-electron chi connectivity index (χ2n) is 7.23. The number of amides is 1. The number of hydrogen-bond acceptors (Lipinski definition) is 3. The molecule has 0 fully saturated rings. The first-order chi connectivity index (χ1) is 14.8. The molecule has 4 aromatic rings. The highest BCUT2D eigenvalue weighted by Crippen LogP contribution is 2.35. The number of alkyl halides is 3. The van der Waals surface area contributed by atoms with Crippen LogP contribution in [0.25, 0.3) is 16.8 Å². The molecule has 1 N–H and O–H groups in total. The summed E-state index contributed by atoms with van der Waals surface area (Å²) in [7, 11) is 0. The van der Waals surface area contributed by atoms with Crippen LogP contribution in [0.1, 0.15) is 23.1 Å². The van der Waals surface area contributed by atoms with Crippen LogP contribution in [0.4, 0.5) is 19.0 Å². The average molecular weight is 424 g/mol. The number of halogens is 3. The van der Waals surface area contributed by atoms with Crippen molar-refractivity contribution < 1.29 is 18.0 Å². The van der Waals surface area contributed by atoms with E-state index in [4.69, 9.17) is 0 Å². The van der Waals surface area contributed by atoms with Crippen LogP contribution < -0.4 is 5.32 Å². The van der Waals surface area contributed by atoms with Crippen molar-refractivity contribution in [3.63, 3.8) is 0 Å². The molecule has 8 heteroatoms. The number of aromatic nitrogens is 3. The zero-order valence-corrected chi connectivity index (χ0v) is 16.6. The minimum atomic E-state index is -4.43. The quantitative estimate of drug-likeness (QED) is 0.473. The summed E-state index contributed by atoms with van der Waals surface area (Å²) in [4.78, 5) is 16.9. The molecule has 0 aliphatic rings. The minimum absolute atomic E-state index is 0.239. The molecule has 5 nitrogen and oxygen atoms in total. The van der Waals surface area contributed by atoms with Crippen molar-refractivity contribution in [3.8, 4) is 11.1 Å². The normalized spacial score (nSPS) is 11.6. The lowest BCUT2D eigenvalue weighted by atomic mass is 10.1. The monoisotopic (exact) mass is 424 g/mol. The maximum atomic E-state index is 12.9. The van der Waals surface area contributed by atoms with Gasteiger partial charge in [-0.3, -0.25) is 4.79 Å². The summed E-state index contributed by atoms with van der Waals surface area (Å²) in [6, 6.07) is 14.4. The Morgan fingerprint density at radius 3 is 2.45 bits per heavy atom. The number of carbonyl (C=O) groups is 1. The lowest BCUT2D eigenvalue weighted by Gasteiger charge is -2.09. The van der Waals surface area contributed by atoms with Gasteiger partial charge in [0.2, 0.25) is 5.91 Å². The highest BCUT2D eigenvalue weighted by Gasteiger charge is 2.30. The smallest absolute Gasteiger partial charge is 0.309 e. The number of anilines is 1. The van der Waals surface area contributed by atoms with Gasteiger partial charge in [-0.15, -0.1) is 5.10 Å². The van der Waals surface area contributed by atoms with E-state index >= 15 is 0 Å². The van der Waals surface area contributed by atoms with E-state index in [1.807, 2.05) is 37.3 Å². The molecular formula is C23H19F3N4O. The van der Waals surface area contributed by atoms with Crippen LogP contribution >= 0.6 is 0 Å². The van der Waals surface area contributed by atoms with Crippen LogP contribution in [0.2, 0.25) is 0 Å². The first-order valence-electron chi connectivity index (χ1n) is 9.67. The summed E-state index contributed by atoms with van der Waals surface area (Å²) in [6.07, 6.45) is -0.228. The summed E-state index contributed by atoms with van der Waals surface area (Å²) in [6.45, 7) is 1.85. The lowest BCUT2D eigenvalue weighted by Crippen LogP contribution is -2.13. The first-order valence-corrected chi connectivity index (χ1v) is 9.67. The molecule has 0 aliphatic carbocycles. The van der Waals surface area contributed by atoms with Crippen molar-refractivity contribution in [2.45, 2.75) is 25.9 Å². The van der Waals surface area contributed by atoms with E-state index in [2.05, 4.69) is 15.4 Å². The summed E-state index contributed by atoms with van der Waals surface area (Å²) in [5.74, 6) is 0.0214. The predicted octanol–water partition coefficient (Wildman–Crippen LogP) is 5.29. The molecule has 2 aromatic heterocycles. The number of nitrogens with zero attached hydrogens (tertiary/aromatic N) is 3. The third-order valence-electron chi connectivity index (χ3n) is 4.84. The topological polar surface area (TPSA) is 59.3 Å². The van der Waals surface area contributed by atoms with Crippen molar-refractivity contribution in [1.82, 2.24) is 14.6 Å². The summed E-state index contributed by atoms with van der Waals surface area (Å²) < 4.78 is 40.4. The van der Waals surface area contributed by atoms with Crippen LogP contribution in [0.5, 0.6) is 0 Å². The Labute approximate surface area is 176 Å². The molecule has 158 valence electrons. The number of aryl methyl sites for hydroxylation is 2. The van der Waals surface area contributed by atoms with Gasteiger partial charge in [-0.1, -0.05) is 42.5 Å². The van der Waals surface area contributed by atoms with Gasteiger partial charge in [0.05, 0.1) is 11.1 Å². The SMILES string of the molecule is Cc1cnc2c(-c3ccc(C(F)(F)F)cc3)c(NC(=O)CCc3ccccc3)nn2c1. The average Bonchev–Trinajstić information content (AvgIpc) is 3.09. The molecule has 31 heavy (non-hydrogen) atoms. The Morgan fingerprint density at radius 2 is 1.77 bits per heavy atom. The Morgan fingerprint density at radius 1 is 1.06 bits per heavy atom. The summed E-state index contributed by atoms with van der Waals surface area (Å²) >= 11 is 0. The van der Waals surface area contributed by atoms with Crippen molar-refractivity contribution in [2.75, 3.05) is 5.32 Å². The molecule has 0 saturated heterocycles. The van der Waals surface area contributed by atoms with E-state index in [0.29, 0.717) is 23.2 Å². The van der Waals surface area contributed by atoms with E-state index in [9.17, 15) is 18.0 Å². The number of benzene rings is 2. The first kappa shape index (κ1) is 20.6. The van der Waals surface area contributed by atoms with Crippen LogP contribution in [0, 0.1) is 6.92 Å². The third-order valence-corrected chi connectivity index (χ3v) is 4.84. The van der Waals surface area contributed by atoms with Crippen LogP contribution in [0.15, 0.2) is 67.0 Å². The molecular weight excluding hydrogens is 405 g/mol. The second kappa shape index (κ2) is 8.22. The molecule has 0 unspecified atom stereocenters. The molecule has 2 aromatic carbocycles. The maximum Gasteiger partial charge on any atom is 0.416 e. The molecule has 0 spiro atoms. The zero-order chi connectivity index (χ0) is 22.0. The molecule has 0 saturated carbocycles. The van der Waals surface area contributed by atoms with Gasteiger partial charge in [-0.2, -0.15) is 13.2 Å². The maximum absolute atomic E-state index is 12.9. The van der Waals surface area contributed by atoms with Gasteiger partial charge in [-0.05, 0) is 42.2 Å². The summed E-state index contributed by atoms with van der Waals surface area (Å²) in [5.41, 5.74) is 2.55. The molecule has 2 heterocycles. The molecule has 0 aliphatic heterocycles. The fraction of sp³-hybridized carbons (Fsp3) is 0.174. The number of hydrogen-bond donors (Lipinski definition) is 1. The minimum Gasteiger partial charge on any atom is -0.309 e. The summed E-state index contributed by atoms with van der Waals surface area (Å²) in [5, 5.41) is 7.22. The van der Waals surface area contributed by atoms with E-state index in [1.54, 1.807) is 12.4 Å². The fourth-order valence-corrected chi connectivity index (χ4v) is 3.30. The van der Waals surface area contributed by atoms with Crippen molar-refractivity contribution in [1.29, 1.82) is 0 Å². The van der Waals surface area contributed by atoms with E-state index in [1.165, 1.54) is 16.6 Å². The van der Waals surface area contributed by atoms with Crippen LogP contribution in [-0.2, 0) is 17.4 Å². The second-order valence-corrected chi connectivity index (χ2v) is 7.23. The lowest BCUT2D eigenvalue weighted by molar-refractivity contribution is -0.137. The number of carbonyl (C=O) groups excluding carboxylic acids is 1. The van der Waals surface area contributed by atoms with Crippen LogP contribution in [-0.4, -0.2) is 20.5 Å². The van der Waals surface area contributed by atoms with Gasteiger partial charge in [0, 0.05) is 18.8 Å². The molecule has 0 radical (unpaired) electrons. The molecule has 4 rings (SSSR count). The number of nitrogens with one attached hydrogen (secondary N) is 1. The molecule has 0 atom stereocenters. The van der Waals surface area contributed by atoms with E-state index in [-0.39, 0.29) is 18.1 Å². The Kier molecular flexibility index (Phi) is 5.46. The highest BCUT2D eigenvalue weighted by molar-refractivity contribution is 5.97.